The summed E-state index contributed by atoms with van der Waals surface area (Å²) in [5, 5.41) is 3.40. The molecule has 0 aliphatic heterocycles. The Bertz CT molecular complexity index is 889. The van der Waals surface area contributed by atoms with Gasteiger partial charge in [0, 0.05) is 11.3 Å². The fourth-order valence-corrected chi connectivity index (χ4v) is 3.25. The molecule has 4 N–H and O–H groups in total. The van der Waals surface area contributed by atoms with Gasteiger partial charge in [-0.2, -0.15) is 0 Å². The number of amides is 2. The number of nitrogens with one attached hydrogen (secondary N) is 2. The Balaban J connectivity index is 1.74. The largest absolute Gasteiger partial charge is 0.368 e. The molecule has 7 heteroatoms. The summed E-state index contributed by atoms with van der Waals surface area (Å²) in [5.41, 5.74) is 8.48. The van der Waals surface area contributed by atoms with Gasteiger partial charge >= 0.3 is 0 Å². The first-order valence-electron chi connectivity index (χ1n) is 7.80. The standard InChI is InChI=1S/C18H18N4O2S/c1-11(16(19)23)20-17(24)13-7-3-2-6-12(13)10-25-18-21-14-8-4-5-9-15(14)22-18/h2-9,11H,10H2,1H3,(H2,19,23)(H,20,24)(H,21,22). The van der Waals surface area contributed by atoms with Gasteiger partial charge in [0.05, 0.1) is 11.0 Å². The number of nitrogens with zero attached hydrogens (tertiary/aromatic N) is 1. The van der Waals surface area contributed by atoms with Crippen molar-refractivity contribution in [1.29, 1.82) is 0 Å². The number of H-pyrrole nitrogens is 1. The molecule has 0 saturated heterocycles. The average molecular weight is 354 g/mol. The maximum Gasteiger partial charge on any atom is 0.252 e. The number of imidazole rings is 1. The van der Waals surface area contributed by atoms with Gasteiger partial charge in [-0.15, -0.1) is 0 Å². The fraction of sp³-hybridized carbons (Fsp3) is 0.167. The van der Waals surface area contributed by atoms with Crippen LogP contribution in [-0.2, 0) is 10.5 Å². The van der Waals surface area contributed by atoms with E-state index in [0.29, 0.717) is 11.3 Å². The Morgan fingerprint density at radius 3 is 2.68 bits per heavy atom. The highest BCUT2D eigenvalue weighted by Gasteiger charge is 2.16. The van der Waals surface area contributed by atoms with Gasteiger partial charge in [-0.3, -0.25) is 9.59 Å². The number of primary amides is 1. The maximum atomic E-state index is 12.4. The average Bonchev–Trinajstić information content (AvgIpc) is 3.03. The lowest BCUT2D eigenvalue weighted by molar-refractivity contribution is -0.119. The molecule has 0 radical (unpaired) electrons. The van der Waals surface area contributed by atoms with Crippen molar-refractivity contribution >= 4 is 34.6 Å². The summed E-state index contributed by atoms with van der Waals surface area (Å²) in [5.74, 6) is -0.302. The van der Waals surface area contributed by atoms with E-state index >= 15 is 0 Å². The van der Waals surface area contributed by atoms with Crippen LogP contribution < -0.4 is 11.1 Å². The van der Waals surface area contributed by atoms with Crippen LogP contribution in [0.15, 0.2) is 53.7 Å². The molecule has 0 fully saturated rings. The Morgan fingerprint density at radius 1 is 1.20 bits per heavy atom. The highest BCUT2D eigenvalue weighted by Crippen LogP contribution is 2.24. The number of hydrogen-bond acceptors (Lipinski definition) is 4. The second-order valence-corrected chi connectivity index (χ2v) is 6.57. The number of carbonyl (C=O) groups excluding carboxylic acids is 2. The van der Waals surface area contributed by atoms with Crippen LogP contribution in [0, 0.1) is 0 Å². The number of hydrogen-bond donors (Lipinski definition) is 3. The van der Waals surface area contributed by atoms with Crippen LogP contribution in [0.3, 0.4) is 0 Å². The monoisotopic (exact) mass is 354 g/mol. The number of benzene rings is 2. The van der Waals surface area contributed by atoms with E-state index in [0.717, 1.165) is 21.8 Å². The third kappa shape index (κ3) is 4.00. The molecule has 25 heavy (non-hydrogen) atoms. The molecule has 1 aromatic heterocycles. The summed E-state index contributed by atoms with van der Waals surface area (Å²) >= 11 is 1.52. The zero-order valence-electron chi connectivity index (χ0n) is 13.7. The fourth-order valence-electron chi connectivity index (χ4n) is 2.36. The number of carbonyl (C=O) groups is 2. The van der Waals surface area contributed by atoms with Crippen LogP contribution in [0.5, 0.6) is 0 Å². The van der Waals surface area contributed by atoms with Gasteiger partial charge in [-0.05, 0) is 30.7 Å². The van der Waals surface area contributed by atoms with Gasteiger partial charge in [0.1, 0.15) is 6.04 Å². The molecule has 0 aliphatic rings. The summed E-state index contributed by atoms with van der Waals surface area (Å²) in [6.45, 7) is 1.56. The molecule has 128 valence electrons. The molecular weight excluding hydrogens is 336 g/mol. The lowest BCUT2D eigenvalue weighted by Crippen LogP contribution is -2.42. The van der Waals surface area contributed by atoms with E-state index in [1.807, 2.05) is 36.4 Å². The van der Waals surface area contributed by atoms with Crippen LogP contribution in [-0.4, -0.2) is 27.8 Å². The third-order valence-corrected chi connectivity index (χ3v) is 4.69. The van der Waals surface area contributed by atoms with Crippen LogP contribution in [0.1, 0.15) is 22.8 Å². The van der Waals surface area contributed by atoms with E-state index in [4.69, 9.17) is 5.73 Å². The highest BCUT2D eigenvalue weighted by molar-refractivity contribution is 7.98. The van der Waals surface area contributed by atoms with E-state index < -0.39 is 11.9 Å². The first-order chi connectivity index (χ1) is 12.0. The van der Waals surface area contributed by atoms with Crippen molar-refractivity contribution in [2.45, 2.75) is 23.9 Å². The van der Waals surface area contributed by atoms with Crippen LogP contribution in [0.2, 0.25) is 0 Å². The Kier molecular flexibility index (Phi) is 5.04. The Morgan fingerprint density at radius 2 is 1.92 bits per heavy atom. The van der Waals surface area contributed by atoms with Crippen molar-refractivity contribution in [1.82, 2.24) is 15.3 Å². The number of aromatic nitrogens is 2. The predicted molar refractivity (Wildman–Crippen MR) is 98.2 cm³/mol. The Labute approximate surface area is 149 Å². The smallest absolute Gasteiger partial charge is 0.252 e. The van der Waals surface area contributed by atoms with E-state index in [1.54, 1.807) is 19.1 Å². The van der Waals surface area contributed by atoms with Crippen molar-refractivity contribution in [3.63, 3.8) is 0 Å². The number of nitrogens with two attached hydrogens (primary N) is 1. The summed E-state index contributed by atoms with van der Waals surface area (Å²) in [4.78, 5) is 31.3. The minimum absolute atomic E-state index is 0.313. The predicted octanol–water partition coefficient (Wildman–Crippen LogP) is 2.46. The van der Waals surface area contributed by atoms with Crippen LogP contribution in [0.25, 0.3) is 11.0 Å². The zero-order chi connectivity index (χ0) is 17.8. The second-order valence-electron chi connectivity index (χ2n) is 5.60. The number of para-hydroxylation sites is 2. The van der Waals surface area contributed by atoms with E-state index in [2.05, 4.69) is 15.3 Å². The number of fused-ring (bicyclic) bond motifs is 1. The minimum atomic E-state index is -0.719. The van der Waals surface area contributed by atoms with Gasteiger partial charge in [-0.1, -0.05) is 42.1 Å². The quantitative estimate of drug-likeness (QED) is 0.592. The minimum Gasteiger partial charge on any atom is -0.368 e. The summed E-state index contributed by atoms with van der Waals surface area (Å²) in [6, 6.07) is 14.4. The molecule has 1 unspecified atom stereocenters. The lowest BCUT2D eigenvalue weighted by atomic mass is 10.1. The van der Waals surface area contributed by atoms with Crippen molar-refractivity contribution in [3.05, 3.63) is 59.7 Å². The van der Waals surface area contributed by atoms with Gasteiger partial charge in [0.15, 0.2) is 5.16 Å². The van der Waals surface area contributed by atoms with Crippen molar-refractivity contribution in [2.75, 3.05) is 0 Å². The lowest BCUT2D eigenvalue weighted by Gasteiger charge is -2.12. The molecule has 0 saturated carbocycles. The molecule has 3 rings (SSSR count). The van der Waals surface area contributed by atoms with E-state index in [1.165, 1.54) is 11.8 Å². The highest BCUT2D eigenvalue weighted by atomic mass is 32.2. The molecular formula is C18H18N4O2S. The maximum absolute atomic E-state index is 12.4. The van der Waals surface area contributed by atoms with Gasteiger partial charge in [-0.25, -0.2) is 4.98 Å². The van der Waals surface area contributed by atoms with Crippen molar-refractivity contribution in [2.24, 2.45) is 5.73 Å². The third-order valence-electron chi connectivity index (χ3n) is 3.77. The SMILES string of the molecule is CC(NC(=O)c1ccccc1CSc1nc2ccccc2[nH]1)C(N)=O. The molecule has 1 atom stereocenters. The number of rotatable bonds is 6. The molecule has 0 bridgehead atoms. The number of thioether (sulfide) groups is 1. The Hall–Kier alpha value is -2.80. The number of aromatic amines is 1. The second kappa shape index (κ2) is 7.40. The van der Waals surface area contributed by atoms with Gasteiger partial charge in [0.2, 0.25) is 5.91 Å². The summed E-state index contributed by atoms with van der Waals surface area (Å²) in [7, 11) is 0. The van der Waals surface area contributed by atoms with Crippen molar-refractivity contribution < 1.29 is 9.59 Å². The molecule has 2 aromatic carbocycles. The van der Waals surface area contributed by atoms with Gasteiger partial charge in [0.25, 0.3) is 5.91 Å². The molecule has 1 heterocycles. The van der Waals surface area contributed by atoms with Gasteiger partial charge < -0.3 is 16.0 Å². The molecule has 0 aliphatic carbocycles. The first-order valence-corrected chi connectivity index (χ1v) is 8.79. The summed E-state index contributed by atoms with van der Waals surface area (Å²) in [6.07, 6.45) is 0. The molecule has 3 aromatic rings. The van der Waals surface area contributed by atoms with E-state index in [-0.39, 0.29) is 5.91 Å². The molecule has 6 nitrogen and oxygen atoms in total. The summed E-state index contributed by atoms with van der Waals surface area (Å²) < 4.78 is 0. The van der Waals surface area contributed by atoms with Crippen molar-refractivity contribution in [3.8, 4) is 0 Å². The zero-order valence-corrected chi connectivity index (χ0v) is 14.5. The van der Waals surface area contributed by atoms with E-state index in [9.17, 15) is 9.59 Å². The normalized spacial score (nSPS) is 12.0. The topological polar surface area (TPSA) is 101 Å². The molecule has 2 amide bonds. The van der Waals surface area contributed by atoms with Crippen LogP contribution >= 0.6 is 11.8 Å². The molecule has 0 spiro atoms. The van der Waals surface area contributed by atoms with Crippen LogP contribution in [0.4, 0.5) is 0 Å². The first kappa shape index (κ1) is 17.0.